The Bertz CT molecular complexity index is 162. The van der Waals surface area contributed by atoms with E-state index in [4.69, 9.17) is 5.73 Å². The van der Waals surface area contributed by atoms with E-state index < -0.39 is 0 Å². The molecule has 16 heavy (non-hydrogen) atoms. The van der Waals surface area contributed by atoms with Crippen molar-refractivity contribution >= 4 is 0 Å². The van der Waals surface area contributed by atoms with E-state index in [0.717, 1.165) is 19.0 Å². The maximum Gasteiger partial charge on any atom is -0.000600 e. The Kier molecular flexibility index (Phi) is 7.06. The summed E-state index contributed by atoms with van der Waals surface area (Å²) in [5.41, 5.74) is 5.76. The third-order valence-corrected chi connectivity index (χ3v) is 4.11. The Morgan fingerprint density at radius 3 is 2.44 bits per heavy atom. The smallest absolute Gasteiger partial charge is 0.000600 e. The van der Waals surface area contributed by atoms with Gasteiger partial charge in [-0.25, -0.2) is 0 Å². The molecule has 0 spiro atoms. The van der Waals surface area contributed by atoms with Gasteiger partial charge in [-0.1, -0.05) is 46.0 Å². The highest BCUT2D eigenvalue weighted by molar-refractivity contribution is 4.69. The summed E-state index contributed by atoms with van der Waals surface area (Å²) in [5.74, 6) is 2.34. The quantitative estimate of drug-likeness (QED) is 0.655. The van der Waals surface area contributed by atoms with Crippen LogP contribution in [0.5, 0.6) is 0 Å². The molecule has 0 aliphatic heterocycles. The first-order valence-corrected chi connectivity index (χ1v) is 7.14. The summed E-state index contributed by atoms with van der Waals surface area (Å²) in [6.45, 7) is 7.63. The van der Waals surface area contributed by atoms with Gasteiger partial charge in [-0.15, -0.1) is 0 Å². The normalized spacial score (nSPS) is 20.2. The summed E-state index contributed by atoms with van der Waals surface area (Å²) in [6.07, 6.45) is 8.68. The summed E-state index contributed by atoms with van der Waals surface area (Å²) in [4.78, 5) is 0. The van der Waals surface area contributed by atoms with Gasteiger partial charge in [-0.2, -0.15) is 0 Å². The van der Waals surface area contributed by atoms with E-state index in [1.165, 1.54) is 45.1 Å². The molecule has 0 aromatic rings. The molecule has 0 heterocycles. The van der Waals surface area contributed by atoms with Crippen LogP contribution in [0.25, 0.3) is 0 Å². The van der Waals surface area contributed by atoms with Gasteiger partial charge < -0.3 is 11.1 Å². The van der Waals surface area contributed by atoms with Crippen LogP contribution < -0.4 is 11.1 Å². The first-order chi connectivity index (χ1) is 7.74. The maximum absolute atomic E-state index is 5.76. The Labute approximate surface area is 101 Å². The van der Waals surface area contributed by atoms with Crippen LogP contribution in [0.4, 0.5) is 0 Å². The molecule has 2 heteroatoms. The van der Waals surface area contributed by atoms with Gasteiger partial charge in [0.25, 0.3) is 0 Å². The Balaban J connectivity index is 2.01. The molecule has 1 atom stereocenters. The monoisotopic (exact) mass is 226 g/mol. The number of nitrogens with two attached hydrogens (primary N) is 1. The first-order valence-electron chi connectivity index (χ1n) is 7.14. The van der Waals surface area contributed by atoms with Gasteiger partial charge in [0.05, 0.1) is 0 Å². The molecule has 0 aromatic carbocycles. The molecule has 1 fully saturated rings. The average Bonchev–Trinajstić information content (AvgIpc) is 2.30. The highest BCUT2D eigenvalue weighted by Gasteiger charge is 2.14. The van der Waals surface area contributed by atoms with Crippen LogP contribution >= 0.6 is 0 Å². The molecule has 1 saturated carbocycles. The van der Waals surface area contributed by atoms with Crippen LogP contribution in [0.3, 0.4) is 0 Å². The minimum Gasteiger partial charge on any atom is -0.330 e. The van der Waals surface area contributed by atoms with Crippen LogP contribution in [-0.4, -0.2) is 19.6 Å². The fourth-order valence-corrected chi connectivity index (χ4v) is 2.66. The largest absolute Gasteiger partial charge is 0.330 e. The van der Waals surface area contributed by atoms with Gasteiger partial charge >= 0.3 is 0 Å². The van der Waals surface area contributed by atoms with Crippen molar-refractivity contribution in [1.82, 2.24) is 5.32 Å². The molecule has 1 unspecified atom stereocenters. The lowest BCUT2D eigenvalue weighted by molar-refractivity contribution is 0.320. The van der Waals surface area contributed by atoms with Crippen LogP contribution in [0, 0.1) is 17.8 Å². The predicted octanol–water partition coefficient (Wildman–Crippen LogP) is 2.78. The van der Waals surface area contributed by atoms with Crippen molar-refractivity contribution in [3.63, 3.8) is 0 Å². The zero-order chi connectivity index (χ0) is 11.8. The summed E-state index contributed by atoms with van der Waals surface area (Å²) < 4.78 is 0. The molecule has 1 aliphatic rings. The van der Waals surface area contributed by atoms with Gasteiger partial charge in [0.2, 0.25) is 0 Å². The highest BCUT2D eigenvalue weighted by Crippen LogP contribution is 2.25. The van der Waals surface area contributed by atoms with Crippen molar-refractivity contribution in [2.45, 2.75) is 52.4 Å². The van der Waals surface area contributed by atoms with Crippen LogP contribution in [0.15, 0.2) is 0 Å². The van der Waals surface area contributed by atoms with Crippen molar-refractivity contribution < 1.29 is 0 Å². The molecule has 3 N–H and O–H groups in total. The lowest BCUT2D eigenvalue weighted by Crippen LogP contribution is -2.32. The van der Waals surface area contributed by atoms with Crippen molar-refractivity contribution in [2.75, 3.05) is 19.6 Å². The fourth-order valence-electron chi connectivity index (χ4n) is 2.66. The molecule has 0 saturated heterocycles. The van der Waals surface area contributed by atoms with Crippen molar-refractivity contribution in [2.24, 2.45) is 23.5 Å². The molecule has 1 rings (SSSR count). The number of hydrogen-bond acceptors (Lipinski definition) is 2. The topological polar surface area (TPSA) is 38.0 Å². The van der Waals surface area contributed by atoms with E-state index in [9.17, 15) is 0 Å². The summed E-state index contributed by atoms with van der Waals surface area (Å²) in [6, 6.07) is 0. The molecular formula is C14H30N2. The lowest BCUT2D eigenvalue weighted by Gasteiger charge is -2.23. The summed E-state index contributed by atoms with van der Waals surface area (Å²) in [7, 11) is 0. The maximum atomic E-state index is 5.76. The standard InChI is InChI=1S/C14H30N2/c1-12(2)14(10-15)11-16-9-8-13-6-4-3-5-7-13/h12-14,16H,3-11,15H2,1-2H3. The van der Waals surface area contributed by atoms with Crippen LogP contribution in [0.1, 0.15) is 52.4 Å². The zero-order valence-corrected chi connectivity index (χ0v) is 11.2. The molecule has 0 amide bonds. The lowest BCUT2D eigenvalue weighted by atomic mass is 9.87. The predicted molar refractivity (Wildman–Crippen MR) is 71.4 cm³/mol. The first kappa shape index (κ1) is 14.0. The third-order valence-electron chi connectivity index (χ3n) is 4.11. The summed E-state index contributed by atoms with van der Waals surface area (Å²) >= 11 is 0. The van der Waals surface area contributed by atoms with Crippen molar-refractivity contribution in [3.05, 3.63) is 0 Å². The SMILES string of the molecule is CC(C)C(CN)CNCCC1CCCCC1. The van der Waals surface area contributed by atoms with E-state index >= 15 is 0 Å². The second-order valence-corrected chi connectivity index (χ2v) is 5.74. The van der Waals surface area contributed by atoms with E-state index in [-0.39, 0.29) is 0 Å². The molecule has 0 bridgehead atoms. The number of hydrogen-bond donors (Lipinski definition) is 2. The van der Waals surface area contributed by atoms with Gasteiger partial charge in [0.1, 0.15) is 0 Å². The van der Waals surface area contributed by atoms with Gasteiger partial charge in [-0.05, 0) is 43.8 Å². The minimum absolute atomic E-state index is 0.645. The van der Waals surface area contributed by atoms with Gasteiger partial charge in [-0.3, -0.25) is 0 Å². The van der Waals surface area contributed by atoms with E-state index in [1.807, 2.05) is 0 Å². The second-order valence-electron chi connectivity index (χ2n) is 5.74. The van der Waals surface area contributed by atoms with Gasteiger partial charge in [0, 0.05) is 0 Å². The molecule has 0 aromatic heterocycles. The molecule has 96 valence electrons. The Hall–Kier alpha value is -0.0800. The minimum atomic E-state index is 0.645. The van der Waals surface area contributed by atoms with Crippen molar-refractivity contribution in [1.29, 1.82) is 0 Å². The second kappa shape index (κ2) is 8.08. The zero-order valence-electron chi connectivity index (χ0n) is 11.2. The highest BCUT2D eigenvalue weighted by atomic mass is 14.9. The third kappa shape index (κ3) is 5.31. The molecule has 2 nitrogen and oxygen atoms in total. The van der Waals surface area contributed by atoms with E-state index in [1.54, 1.807) is 0 Å². The van der Waals surface area contributed by atoms with Gasteiger partial charge in [0.15, 0.2) is 0 Å². The molecular weight excluding hydrogens is 196 g/mol. The molecule has 1 aliphatic carbocycles. The average molecular weight is 226 g/mol. The Morgan fingerprint density at radius 2 is 1.88 bits per heavy atom. The van der Waals surface area contributed by atoms with E-state index in [2.05, 4.69) is 19.2 Å². The Morgan fingerprint density at radius 1 is 1.19 bits per heavy atom. The molecule has 0 radical (unpaired) electrons. The fraction of sp³-hybridized carbons (Fsp3) is 1.00. The number of rotatable bonds is 7. The van der Waals surface area contributed by atoms with Crippen molar-refractivity contribution in [3.8, 4) is 0 Å². The van der Waals surface area contributed by atoms with Crippen LogP contribution in [-0.2, 0) is 0 Å². The number of nitrogens with one attached hydrogen (secondary N) is 1. The summed E-state index contributed by atoms with van der Waals surface area (Å²) in [5, 5.41) is 3.59. The van der Waals surface area contributed by atoms with E-state index in [0.29, 0.717) is 11.8 Å². The van der Waals surface area contributed by atoms with Crippen LogP contribution in [0.2, 0.25) is 0 Å².